The normalized spacial score (nSPS) is 11.1. The number of nitrogens with one attached hydrogen (secondary N) is 2. The highest BCUT2D eigenvalue weighted by Gasteiger charge is 2.18. The van der Waals surface area contributed by atoms with Crippen LogP contribution in [0.3, 0.4) is 0 Å². The third kappa shape index (κ3) is 3.21. The van der Waals surface area contributed by atoms with Gasteiger partial charge in [-0.1, -0.05) is 24.3 Å². The van der Waals surface area contributed by atoms with Gasteiger partial charge in [-0.05, 0) is 31.3 Å². The highest BCUT2D eigenvalue weighted by atomic mass is 32.2. The summed E-state index contributed by atoms with van der Waals surface area (Å²) in [5.74, 6) is -0.466. The van der Waals surface area contributed by atoms with Gasteiger partial charge in [0.05, 0.1) is 11.3 Å². The van der Waals surface area contributed by atoms with E-state index < -0.39 is 15.9 Å². The molecule has 0 atom stereocenters. The van der Waals surface area contributed by atoms with Crippen LogP contribution in [0.4, 0.5) is 11.4 Å². The van der Waals surface area contributed by atoms with Crippen molar-refractivity contribution in [2.75, 3.05) is 18.1 Å². The average Bonchev–Trinajstić information content (AvgIpc) is 2.48. The van der Waals surface area contributed by atoms with E-state index in [4.69, 9.17) is 5.73 Å². The fourth-order valence-electron chi connectivity index (χ4n) is 1.81. The van der Waals surface area contributed by atoms with Crippen molar-refractivity contribution in [3.63, 3.8) is 0 Å². The summed E-state index contributed by atoms with van der Waals surface area (Å²) in [6, 6.07) is 12.7. The predicted molar refractivity (Wildman–Crippen MR) is 81.5 cm³/mol. The van der Waals surface area contributed by atoms with E-state index in [1.807, 2.05) is 0 Å². The Kier molecular flexibility index (Phi) is 4.25. The predicted octanol–water partition coefficient (Wildman–Crippen LogP) is 1.43. The Morgan fingerprint density at radius 1 is 1.05 bits per heavy atom. The molecule has 2 aromatic rings. The van der Waals surface area contributed by atoms with Gasteiger partial charge in [0.1, 0.15) is 4.90 Å². The summed E-state index contributed by atoms with van der Waals surface area (Å²) in [6.45, 7) is 0. The number of hydrogen-bond acceptors (Lipinski definition) is 4. The van der Waals surface area contributed by atoms with Crippen molar-refractivity contribution in [1.29, 1.82) is 0 Å². The van der Waals surface area contributed by atoms with E-state index in [-0.39, 0.29) is 16.1 Å². The molecule has 4 N–H and O–H groups in total. The first kappa shape index (κ1) is 15.0. The molecular weight excluding hydrogens is 290 g/mol. The number of nitrogen functional groups attached to an aromatic ring is 1. The Labute approximate surface area is 123 Å². The highest BCUT2D eigenvalue weighted by Crippen LogP contribution is 2.22. The second-order valence-electron chi connectivity index (χ2n) is 4.25. The molecule has 0 saturated heterocycles. The lowest BCUT2D eigenvalue weighted by Gasteiger charge is -2.11. The van der Waals surface area contributed by atoms with Crippen molar-refractivity contribution in [3.05, 3.63) is 54.1 Å². The molecule has 2 rings (SSSR count). The average molecular weight is 305 g/mol. The molecule has 0 heterocycles. The first-order valence-electron chi connectivity index (χ1n) is 6.14. The molecular formula is C14H15N3O3S. The number of nitrogens with two attached hydrogens (primary N) is 1. The van der Waals surface area contributed by atoms with Crippen molar-refractivity contribution < 1.29 is 13.2 Å². The molecule has 0 spiro atoms. The zero-order valence-electron chi connectivity index (χ0n) is 11.3. The molecule has 0 unspecified atom stereocenters. The molecule has 6 nitrogen and oxygen atoms in total. The van der Waals surface area contributed by atoms with Crippen LogP contribution in [-0.4, -0.2) is 21.4 Å². The maximum Gasteiger partial charge on any atom is 0.257 e. The number of benzene rings is 2. The Morgan fingerprint density at radius 2 is 1.67 bits per heavy atom. The fraction of sp³-hybridized carbons (Fsp3) is 0.0714. The van der Waals surface area contributed by atoms with Gasteiger partial charge in [-0.3, -0.25) is 4.79 Å². The van der Waals surface area contributed by atoms with Crippen LogP contribution in [0.15, 0.2) is 53.4 Å². The second-order valence-corrected chi connectivity index (χ2v) is 6.10. The van der Waals surface area contributed by atoms with Gasteiger partial charge in [0.2, 0.25) is 10.0 Å². The zero-order valence-corrected chi connectivity index (χ0v) is 12.1. The van der Waals surface area contributed by atoms with Gasteiger partial charge in [-0.25, -0.2) is 13.1 Å². The molecule has 2 aromatic carbocycles. The van der Waals surface area contributed by atoms with Crippen LogP contribution in [0.25, 0.3) is 0 Å². The summed E-state index contributed by atoms with van der Waals surface area (Å²) in [5.41, 5.74) is 6.54. The van der Waals surface area contributed by atoms with E-state index in [1.165, 1.54) is 19.2 Å². The van der Waals surface area contributed by atoms with E-state index in [9.17, 15) is 13.2 Å². The van der Waals surface area contributed by atoms with Crippen LogP contribution >= 0.6 is 0 Å². The quantitative estimate of drug-likeness (QED) is 0.744. The van der Waals surface area contributed by atoms with Crippen molar-refractivity contribution in [3.8, 4) is 0 Å². The molecule has 0 aromatic heterocycles. The minimum absolute atomic E-state index is 0.00430. The van der Waals surface area contributed by atoms with Gasteiger partial charge in [0, 0.05) is 5.69 Å². The Bertz CT molecular complexity index is 773. The number of sulfonamides is 1. The number of para-hydroxylation sites is 2. The van der Waals surface area contributed by atoms with Crippen molar-refractivity contribution >= 4 is 27.3 Å². The molecule has 110 valence electrons. The van der Waals surface area contributed by atoms with Gasteiger partial charge >= 0.3 is 0 Å². The number of carbonyl (C=O) groups is 1. The Morgan fingerprint density at radius 3 is 2.33 bits per heavy atom. The molecule has 0 aliphatic carbocycles. The fourth-order valence-corrected chi connectivity index (χ4v) is 2.69. The molecule has 0 aliphatic heterocycles. The first-order chi connectivity index (χ1) is 9.95. The van der Waals surface area contributed by atoms with Crippen LogP contribution in [0.5, 0.6) is 0 Å². The smallest absolute Gasteiger partial charge is 0.257 e. The zero-order chi connectivity index (χ0) is 15.5. The third-order valence-electron chi connectivity index (χ3n) is 2.90. The Hall–Kier alpha value is -2.38. The minimum atomic E-state index is -3.66. The summed E-state index contributed by atoms with van der Waals surface area (Å²) in [7, 11) is -2.35. The van der Waals surface area contributed by atoms with Gasteiger partial charge in [-0.15, -0.1) is 0 Å². The summed E-state index contributed by atoms with van der Waals surface area (Å²) < 4.78 is 26.1. The van der Waals surface area contributed by atoms with E-state index in [1.54, 1.807) is 36.4 Å². The van der Waals surface area contributed by atoms with Crippen LogP contribution in [-0.2, 0) is 10.0 Å². The lowest BCUT2D eigenvalue weighted by Crippen LogP contribution is -2.22. The molecule has 0 aliphatic rings. The van der Waals surface area contributed by atoms with Gasteiger partial charge in [0.25, 0.3) is 5.91 Å². The Balaban J connectivity index is 2.38. The SMILES string of the molecule is CNS(=O)(=O)c1ccccc1NC(=O)c1ccccc1N. The summed E-state index contributed by atoms with van der Waals surface area (Å²) >= 11 is 0. The lowest BCUT2D eigenvalue weighted by atomic mass is 10.1. The minimum Gasteiger partial charge on any atom is -0.398 e. The molecule has 0 bridgehead atoms. The van der Waals surface area contributed by atoms with Gasteiger partial charge in [-0.2, -0.15) is 0 Å². The molecule has 7 heteroatoms. The van der Waals surface area contributed by atoms with Gasteiger partial charge < -0.3 is 11.1 Å². The topological polar surface area (TPSA) is 101 Å². The van der Waals surface area contributed by atoms with E-state index in [0.29, 0.717) is 5.69 Å². The highest BCUT2D eigenvalue weighted by molar-refractivity contribution is 7.89. The maximum absolute atomic E-state index is 12.2. The molecule has 1 amide bonds. The summed E-state index contributed by atoms with van der Waals surface area (Å²) in [4.78, 5) is 12.2. The van der Waals surface area contributed by atoms with Crippen molar-refractivity contribution in [2.45, 2.75) is 4.90 Å². The van der Waals surface area contributed by atoms with Gasteiger partial charge in [0.15, 0.2) is 0 Å². The van der Waals surface area contributed by atoms with Crippen LogP contribution in [0.1, 0.15) is 10.4 Å². The van der Waals surface area contributed by atoms with E-state index in [2.05, 4.69) is 10.0 Å². The second kappa shape index (κ2) is 5.94. The maximum atomic E-state index is 12.2. The first-order valence-corrected chi connectivity index (χ1v) is 7.62. The lowest BCUT2D eigenvalue weighted by molar-refractivity contribution is 0.102. The van der Waals surface area contributed by atoms with Crippen LogP contribution in [0.2, 0.25) is 0 Å². The third-order valence-corrected chi connectivity index (χ3v) is 4.37. The number of carbonyl (C=O) groups excluding carboxylic acids is 1. The molecule has 0 saturated carbocycles. The number of rotatable bonds is 4. The summed E-state index contributed by atoms with van der Waals surface area (Å²) in [6.07, 6.45) is 0. The van der Waals surface area contributed by atoms with Crippen molar-refractivity contribution in [1.82, 2.24) is 4.72 Å². The number of amides is 1. The van der Waals surface area contributed by atoms with Crippen LogP contribution in [0, 0.1) is 0 Å². The molecule has 21 heavy (non-hydrogen) atoms. The van der Waals surface area contributed by atoms with E-state index >= 15 is 0 Å². The van der Waals surface area contributed by atoms with Crippen molar-refractivity contribution in [2.24, 2.45) is 0 Å². The van der Waals surface area contributed by atoms with E-state index in [0.717, 1.165) is 0 Å². The summed E-state index contributed by atoms with van der Waals surface area (Å²) in [5, 5.41) is 2.57. The molecule has 0 radical (unpaired) electrons. The largest absolute Gasteiger partial charge is 0.398 e. The van der Waals surface area contributed by atoms with Crippen LogP contribution < -0.4 is 15.8 Å². The number of hydrogen-bond donors (Lipinski definition) is 3. The molecule has 0 fully saturated rings. The standard InChI is InChI=1S/C14H15N3O3S/c1-16-21(19,20)13-9-5-4-8-12(13)17-14(18)10-6-2-3-7-11(10)15/h2-9,16H,15H2,1H3,(H,17,18). The number of anilines is 2. The monoisotopic (exact) mass is 305 g/mol.